The van der Waals surface area contributed by atoms with Gasteiger partial charge in [0.05, 0.1) is 18.8 Å². The van der Waals surface area contributed by atoms with Crippen LogP contribution in [0.25, 0.3) is 0 Å². The second kappa shape index (κ2) is 8.64. The number of benzene rings is 1. The average Bonchev–Trinajstić information content (AvgIpc) is 2.54. The number of amides is 1. The van der Waals surface area contributed by atoms with Crippen LogP contribution in [-0.4, -0.2) is 36.6 Å². The van der Waals surface area contributed by atoms with Gasteiger partial charge in [-0.1, -0.05) is 30.3 Å². The highest BCUT2D eigenvalue weighted by molar-refractivity contribution is 5.67. The van der Waals surface area contributed by atoms with E-state index >= 15 is 0 Å². The summed E-state index contributed by atoms with van der Waals surface area (Å²) in [6, 6.07) is 9.17. The average molecular weight is 293 g/mol. The van der Waals surface area contributed by atoms with Crippen LogP contribution in [0.2, 0.25) is 0 Å². The number of nitrogens with one attached hydrogen (secondary N) is 1. The van der Waals surface area contributed by atoms with Crippen molar-refractivity contribution < 1.29 is 19.4 Å². The minimum atomic E-state index is -0.506. The van der Waals surface area contributed by atoms with Crippen LogP contribution in [0.5, 0.6) is 0 Å². The highest BCUT2D eigenvalue weighted by atomic mass is 16.5. The normalized spacial score (nSPS) is 19.8. The molecule has 0 saturated carbocycles. The number of aliphatic hydroxyl groups is 1. The third-order valence-electron chi connectivity index (χ3n) is 3.58. The van der Waals surface area contributed by atoms with Gasteiger partial charge in [0.1, 0.15) is 6.61 Å². The number of carbonyl (C=O) groups excluding carboxylic acids is 1. The summed E-state index contributed by atoms with van der Waals surface area (Å²) < 4.78 is 10.8. The molecule has 1 aromatic rings. The van der Waals surface area contributed by atoms with E-state index in [0.29, 0.717) is 6.42 Å². The Labute approximate surface area is 125 Å². The summed E-state index contributed by atoms with van der Waals surface area (Å²) in [6.07, 6.45) is 3.45. The van der Waals surface area contributed by atoms with Crippen molar-refractivity contribution in [3.8, 4) is 0 Å². The number of hydrogen-bond acceptors (Lipinski definition) is 4. The summed E-state index contributed by atoms with van der Waals surface area (Å²) >= 11 is 0. The zero-order chi connectivity index (χ0) is 14.9. The molecule has 0 bridgehead atoms. The monoisotopic (exact) mass is 293 g/mol. The van der Waals surface area contributed by atoms with E-state index in [1.807, 2.05) is 30.3 Å². The summed E-state index contributed by atoms with van der Waals surface area (Å²) in [7, 11) is 0. The minimum Gasteiger partial charge on any atom is -0.445 e. The number of alkyl carbamates (subject to hydrolysis) is 1. The molecular weight excluding hydrogens is 270 g/mol. The molecule has 2 atom stereocenters. The molecule has 1 aromatic carbocycles. The van der Waals surface area contributed by atoms with Gasteiger partial charge in [-0.2, -0.15) is 0 Å². The Kier molecular flexibility index (Phi) is 6.50. The first-order valence-electron chi connectivity index (χ1n) is 7.47. The van der Waals surface area contributed by atoms with Gasteiger partial charge in [-0.25, -0.2) is 4.79 Å². The van der Waals surface area contributed by atoms with E-state index in [1.165, 1.54) is 0 Å². The quantitative estimate of drug-likeness (QED) is 0.844. The molecule has 0 aliphatic carbocycles. The second-order valence-electron chi connectivity index (χ2n) is 5.31. The Morgan fingerprint density at radius 3 is 2.86 bits per heavy atom. The van der Waals surface area contributed by atoms with Crippen LogP contribution < -0.4 is 5.32 Å². The van der Waals surface area contributed by atoms with E-state index in [1.54, 1.807) is 0 Å². The summed E-state index contributed by atoms with van der Waals surface area (Å²) in [4.78, 5) is 11.7. The lowest BCUT2D eigenvalue weighted by atomic mass is 10.0. The van der Waals surface area contributed by atoms with Crippen LogP contribution in [0.4, 0.5) is 4.79 Å². The Hall–Kier alpha value is -1.59. The van der Waals surface area contributed by atoms with Gasteiger partial charge in [0, 0.05) is 6.61 Å². The summed E-state index contributed by atoms with van der Waals surface area (Å²) in [5.74, 6) is 0. The number of hydrogen-bond donors (Lipinski definition) is 2. The molecule has 0 radical (unpaired) electrons. The van der Waals surface area contributed by atoms with E-state index in [0.717, 1.165) is 31.4 Å². The Bertz CT molecular complexity index is 418. The molecule has 1 aliphatic heterocycles. The Balaban J connectivity index is 1.71. The molecule has 0 unspecified atom stereocenters. The van der Waals surface area contributed by atoms with Gasteiger partial charge < -0.3 is 19.9 Å². The number of rotatable bonds is 6. The fourth-order valence-corrected chi connectivity index (χ4v) is 2.42. The van der Waals surface area contributed by atoms with E-state index in [-0.39, 0.29) is 25.4 Å². The third kappa shape index (κ3) is 5.73. The van der Waals surface area contributed by atoms with Gasteiger partial charge in [-0.15, -0.1) is 0 Å². The molecule has 2 N–H and O–H groups in total. The molecule has 5 nitrogen and oxygen atoms in total. The smallest absolute Gasteiger partial charge is 0.407 e. The van der Waals surface area contributed by atoms with Crippen molar-refractivity contribution in [2.75, 3.05) is 13.2 Å². The maximum atomic E-state index is 11.7. The Morgan fingerprint density at radius 2 is 2.19 bits per heavy atom. The van der Waals surface area contributed by atoms with E-state index < -0.39 is 6.09 Å². The van der Waals surface area contributed by atoms with Gasteiger partial charge in [-0.3, -0.25) is 0 Å². The van der Waals surface area contributed by atoms with Gasteiger partial charge >= 0.3 is 6.09 Å². The summed E-state index contributed by atoms with van der Waals surface area (Å²) in [5.41, 5.74) is 0.934. The summed E-state index contributed by atoms with van der Waals surface area (Å²) in [5, 5.41) is 12.1. The number of aliphatic hydroxyl groups excluding tert-OH is 1. The molecule has 116 valence electrons. The molecule has 0 spiro atoms. The van der Waals surface area contributed by atoms with Gasteiger partial charge in [0.2, 0.25) is 0 Å². The zero-order valence-corrected chi connectivity index (χ0v) is 12.2. The molecule has 1 fully saturated rings. The molecule has 0 aromatic heterocycles. The van der Waals surface area contributed by atoms with Crippen LogP contribution in [0.3, 0.4) is 0 Å². The SMILES string of the molecule is O=C(N[C@@H](CO)C[C@H]1CCCCO1)OCc1ccccc1. The van der Waals surface area contributed by atoms with Crippen LogP contribution in [0.15, 0.2) is 30.3 Å². The van der Waals surface area contributed by atoms with Crippen molar-refractivity contribution in [2.24, 2.45) is 0 Å². The van der Waals surface area contributed by atoms with Crippen LogP contribution in [0.1, 0.15) is 31.2 Å². The molecule has 1 aliphatic rings. The number of carbonyl (C=O) groups is 1. The fourth-order valence-electron chi connectivity index (χ4n) is 2.42. The van der Waals surface area contributed by atoms with Crippen molar-refractivity contribution in [2.45, 2.75) is 44.4 Å². The Morgan fingerprint density at radius 1 is 1.38 bits per heavy atom. The largest absolute Gasteiger partial charge is 0.445 e. The molecule has 5 heteroatoms. The summed E-state index contributed by atoms with van der Waals surface area (Å²) in [6.45, 7) is 0.881. The highest BCUT2D eigenvalue weighted by Crippen LogP contribution is 2.17. The maximum Gasteiger partial charge on any atom is 0.407 e. The highest BCUT2D eigenvalue weighted by Gasteiger charge is 2.20. The van der Waals surface area contributed by atoms with E-state index in [9.17, 15) is 9.90 Å². The van der Waals surface area contributed by atoms with Crippen molar-refractivity contribution in [1.29, 1.82) is 0 Å². The van der Waals surface area contributed by atoms with E-state index in [2.05, 4.69) is 5.32 Å². The van der Waals surface area contributed by atoms with Gasteiger partial charge in [-0.05, 0) is 31.2 Å². The first-order valence-corrected chi connectivity index (χ1v) is 7.47. The topological polar surface area (TPSA) is 67.8 Å². The molecule has 1 amide bonds. The maximum absolute atomic E-state index is 11.7. The molecular formula is C16H23NO4. The first kappa shape index (κ1) is 15.8. The van der Waals surface area contributed by atoms with Crippen LogP contribution in [0, 0.1) is 0 Å². The van der Waals surface area contributed by atoms with Crippen molar-refractivity contribution in [1.82, 2.24) is 5.32 Å². The van der Waals surface area contributed by atoms with Crippen molar-refractivity contribution in [3.63, 3.8) is 0 Å². The lowest BCUT2D eigenvalue weighted by molar-refractivity contribution is 0.00110. The third-order valence-corrected chi connectivity index (χ3v) is 3.58. The van der Waals surface area contributed by atoms with Gasteiger partial charge in [0.15, 0.2) is 0 Å². The lowest BCUT2D eigenvalue weighted by Crippen LogP contribution is -2.41. The van der Waals surface area contributed by atoms with Gasteiger partial charge in [0.25, 0.3) is 0 Å². The predicted molar refractivity (Wildman–Crippen MR) is 78.8 cm³/mol. The van der Waals surface area contributed by atoms with Crippen LogP contribution >= 0.6 is 0 Å². The molecule has 2 rings (SSSR count). The van der Waals surface area contributed by atoms with Crippen molar-refractivity contribution in [3.05, 3.63) is 35.9 Å². The number of ether oxygens (including phenoxy) is 2. The molecule has 21 heavy (non-hydrogen) atoms. The first-order chi connectivity index (χ1) is 10.3. The second-order valence-corrected chi connectivity index (χ2v) is 5.31. The minimum absolute atomic E-state index is 0.111. The van der Waals surface area contributed by atoms with Crippen LogP contribution in [-0.2, 0) is 16.1 Å². The van der Waals surface area contributed by atoms with Crippen molar-refractivity contribution >= 4 is 6.09 Å². The molecule has 1 heterocycles. The van der Waals surface area contributed by atoms with E-state index in [4.69, 9.17) is 9.47 Å². The lowest BCUT2D eigenvalue weighted by Gasteiger charge is -2.26. The molecule has 1 saturated heterocycles. The zero-order valence-electron chi connectivity index (χ0n) is 12.2. The standard InChI is InChI=1S/C16H23NO4/c18-11-14(10-15-8-4-5-9-20-15)17-16(19)21-12-13-6-2-1-3-7-13/h1-3,6-7,14-15,18H,4-5,8-12H2,(H,17,19)/t14-,15-/m1/s1. The predicted octanol–water partition coefficient (Wildman–Crippen LogP) is 2.23. The fraction of sp³-hybridized carbons (Fsp3) is 0.562.